The van der Waals surface area contributed by atoms with Crippen LogP contribution in [0.2, 0.25) is 0 Å². The fourth-order valence-electron chi connectivity index (χ4n) is 3.45. The number of aromatic nitrogens is 4. The van der Waals surface area contributed by atoms with Crippen LogP contribution in [0.25, 0.3) is 0 Å². The van der Waals surface area contributed by atoms with Crippen LogP contribution >= 0.6 is 0 Å². The molecule has 3 heterocycles. The van der Waals surface area contributed by atoms with Crippen molar-refractivity contribution in [2.45, 2.75) is 58.9 Å². The van der Waals surface area contributed by atoms with Gasteiger partial charge in [-0.15, -0.1) is 0 Å². The van der Waals surface area contributed by atoms with Gasteiger partial charge >= 0.3 is 0 Å². The summed E-state index contributed by atoms with van der Waals surface area (Å²) in [7, 11) is 0. The molecule has 0 radical (unpaired) electrons. The molecule has 0 bridgehead atoms. The van der Waals surface area contributed by atoms with Gasteiger partial charge in [-0.3, -0.25) is 0 Å². The largest absolute Gasteiger partial charge is 0.368 e. The van der Waals surface area contributed by atoms with Crippen molar-refractivity contribution < 1.29 is 0 Å². The minimum absolute atomic E-state index is 0.0325. The number of nitrogens with two attached hydrogens (primary N) is 1. The molecule has 0 aliphatic carbocycles. The van der Waals surface area contributed by atoms with E-state index in [4.69, 9.17) is 10.7 Å². The van der Waals surface area contributed by atoms with Gasteiger partial charge in [-0.1, -0.05) is 19.3 Å². The van der Waals surface area contributed by atoms with E-state index in [2.05, 4.69) is 32.1 Å². The third-order valence-electron chi connectivity index (χ3n) is 4.85. The van der Waals surface area contributed by atoms with Crippen molar-refractivity contribution in [3.63, 3.8) is 0 Å². The molecule has 140 valence electrons. The first-order valence-electron chi connectivity index (χ1n) is 9.49. The van der Waals surface area contributed by atoms with Gasteiger partial charge in [0.1, 0.15) is 5.82 Å². The molecular formula is C19H29N7. The van der Waals surface area contributed by atoms with Crippen LogP contribution in [0.3, 0.4) is 0 Å². The molecule has 1 fully saturated rings. The van der Waals surface area contributed by atoms with E-state index < -0.39 is 0 Å². The molecule has 0 unspecified atom stereocenters. The van der Waals surface area contributed by atoms with Gasteiger partial charge in [0.25, 0.3) is 0 Å². The Morgan fingerprint density at radius 1 is 1.04 bits per heavy atom. The monoisotopic (exact) mass is 355 g/mol. The number of rotatable bonds is 4. The first-order valence-corrected chi connectivity index (χ1v) is 9.49. The summed E-state index contributed by atoms with van der Waals surface area (Å²) in [5, 5.41) is 3.37. The zero-order valence-corrected chi connectivity index (χ0v) is 16.0. The highest BCUT2D eigenvalue weighted by molar-refractivity contribution is 5.43. The molecule has 0 spiro atoms. The second kappa shape index (κ2) is 8.29. The average Bonchev–Trinajstić information content (AvgIpc) is 2.53. The Morgan fingerprint density at radius 3 is 2.38 bits per heavy atom. The Hall–Kier alpha value is -2.44. The van der Waals surface area contributed by atoms with Crippen LogP contribution in [0.15, 0.2) is 12.3 Å². The summed E-state index contributed by atoms with van der Waals surface area (Å²) < 4.78 is 0. The molecule has 7 heteroatoms. The Labute approximate surface area is 155 Å². The molecule has 1 saturated heterocycles. The molecule has 3 N–H and O–H groups in total. The smallest absolute Gasteiger partial charge is 0.225 e. The Morgan fingerprint density at radius 2 is 1.73 bits per heavy atom. The average molecular weight is 355 g/mol. The zero-order chi connectivity index (χ0) is 18.5. The van der Waals surface area contributed by atoms with Crippen LogP contribution in [0.5, 0.6) is 0 Å². The molecule has 0 amide bonds. The number of nitrogens with zero attached hydrogens (tertiary/aromatic N) is 5. The maximum absolute atomic E-state index is 5.74. The van der Waals surface area contributed by atoms with Crippen molar-refractivity contribution in [1.82, 2.24) is 19.9 Å². The molecule has 3 rings (SSSR count). The zero-order valence-electron chi connectivity index (χ0n) is 16.0. The summed E-state index contributed by atoms with van der Waals surface area (Å²) in [6.45, 7) is 8.12. The van der Waals surface area contributed by atoms with Gasteiger partial charge in [-0.05, 0) is 33.6 Å². The van der Waals surface area contributed by atoms with Gasteiger partial charge in [-0.2, -0.15) is 4.98 Å². The van der Waals surface area contributed by atoms with E-state index in [9.17, 15) is 0 Å². The van der Waals surface area contributed by atoms with Crippen LogP contribution in [0.1, 0.15) is 62.0 Å². The van der Waals surface area contributed by atoms with E-state index >= 15 is 0 Å². The molecule has 26 heavy (non-hydrogen) atoms. The van der Waals surface area contributed by atoms with Gasteiger partial charge < -0.3 is 16.0 Å². The van der Waals surface area contributed by atoms with Gasteiger partial charge in [0.05, 0.1) is 6.04 Å². The molecular weight excluding hydrogens is 326 g/mol. The minimum atomic E-state index is 0.0325. The summed E-state index contributed by atoms with van der Waals surface area (Å²) in [5.41, 5.74) is 8.64. The summed E-state index contributed by atoms with van der Waals surface area (Å²) >= 11 is 0. The highest BCUT2D eigenvalue weighted by Crippen LogP contribution is 2.23. The molecule has 1 atom stereocenters. The summed E-state index contributed by atoms with van der Waals surface area (Å²) in [5.74, 6) is 1.84. The quantitative estimate of drug-likeness (QED) is 0.868. The number of aryl methyl sites for hydroxylation is 2. The molecule has 7 nitrogen and oxygen atoms in total. The van der Waals surface area contributed by atoms with Crippen molar-refractivity contribution in [3.8, 4) is 0 Å². The summed E-state index contributed by atoms with van der Waals surface area (Å²) in [4.78, 5) is 20.1. The van der Waals surface area contributed by atoms with Crippen molar-refractivity contribution in [3.05, 3.63) is 29.2 Å². The van der Waals surface area contributed by atoms with Gasteiger partial charge in [0.2, 0.25) is 11.9 Å². The van der Waals surface area contributed by atoms with E-state index in [0.717, 1.165) is 41.8 Å². The lowest BCUT2D eigenvalue weighted by Crippen LogP contribution is -2.29. The van der Waals surface area contributed by atoms with Crippen molar-refractivity contribution in [1.29, 1.82) is 0 Å². The molecule has 1 aliphatic heterocycles. The van der Waals surface area contributed by atoms with Crippen molar-refractivity contribution in [2.24, 2.45) is 0 Å². The summed E-state index contributed by atoms with van der Waals surface area (Å²) in [6, 6.07) is 1.92. The Kier molecular flexibility index (Phi) is 5.85. The van der Waals surface area contributed by atoms with E-state index in [1.807, 2.05) is 26.1 Å². The number of anilines is 3. The van der Waals surface area contributed by atoms with Crippen molar-refractivity contribution in [2.75, 3.05) is 29.0 Å². The van der Waals surface area contributed by atoms with E-state index in [-0.39, 0.29) is 12.0 Å². The lowest BCUT2D eigenvalue weighted by Gasteiger charge is -2.25. The maximum atomic E-state index is 5.74. The molecule has 2 aromatic heterocycles. The predicted molar refractivity (Wildman–Crippen MR) is 105 cm³/mol. The second-order valence-corrected chi connectivity index (χ2v) is 7.08. The minimum Gasteiger partial charge on any atom is -0.368 e. The molecule has 0 aromatic carbocycles. The predicted octanol–water partition coefficient (Wildman–Crippen LogP) is 3.41. The molecule has 0 saturated carbocycles. The molecule has 2 aromatic rings. The van der Waals surface area contributed by atoms with Crippen molar-refractivity contribution >= 4 is 17.7 Å². The fourth-order valence-corrected chi connectivity index (χ4v) is 3.45. The van der Waals surface area contributed by atoms with Crippen LogP contribution < -0.4 is 16.0 Å². The van der Waals surface area contributed by atoms with E-state index in [0.29, 0.717) is 0 Å². The third-order valence-corrected chi connectivity index (χ3v) is 4.85. The lowest BCUT2D eigenvalue weighted by atomic mass is 10.1. The summed E-state index contributed by atoms with van der Waals surface area (Å²) in [6.07, 6.45) is 8.33. The van der Waals surface area contributed by atoms with Gasteiger partial charge in [0, 0.05) is 42.3 Å². The van der Waals surface area contributed by atoms with Crippen LogP contribution in [0.4, 0.5) is 17.7 Å². The third kappa shape index (κ3) is 4.59. The number of hydrogen-bond acceptors (Lipinski definition) is 7. The standard InChI is InChI=1S/C19H29N7/c1-13-11-17(25-18(20)22-13)23-14(2)16-12-21-19(24-15(16)3)26-9-7-5-4-6-8-10-26/h11-12,14H,4-10H2,1-3H3,(H3,20,22,23,25)/t14-/m1/s1. The number of hydrogen-bond donors (Lipinski definition) is 2. The maximum Gasteiger partial charge on any atom is 0.225 e. The van der Waals surface area contributed by atoms with Crippen LogP contribution in [0, 0.1) is 13.8 Å². The first kappa shape index (κ1) is 18.4. The fraction of sp³-hybridized carbons (Fsp3) is 0.579. The van der Waals surface area contributed by atoms with Gasteiger partial charge in [-0.25, -0.2) is 15.0 Å². The van der Waals surface area contributed by atoms with Crippen LogP contribution in [-0.4, -0.2) is 33.0 Å². The number of nitrogens with one attached hydrogen (secondary N) is 1. The van der Waals surface area contributed by atoms with Crippen LogP contribution in [-0.2, 0) is 0 Å². The highest BCUT2D eigenvalue weighted by Gasteiger charge is 2.16. The highest BCUT2D eigenvalue weighted by atomic mass is 15.2. The second-order valence-electron chi connectivity index (χ2n) is 7.08. The Bertz CT molecular complexity index is 718. The number of nitrogen functional groups attached to an aromatic ring is 1. The normalized spacial score (nSPS) is 16.7. The lowest BCUT2D eigenvalue weighted by molar-refractivity contribution is 0.550. The molecule has 1 aliphatic rings. The SMILES string of the molecule is Cc1cc(N[C@H](C)c2cnc(N3CCCCCCC3)nc2C)nc(N)n1. The Balaban J connectivity index is 1.73. The van der Waals surface area contributed by atoms with E-state index in [1.54, 1.807) is 0 Å². The van der Waals surface area contributed by atoms with E-state index in [1.165, 1.54) is 32.1 Å². The topological polar surface area (TPSA) is 92.9 Å². The first-order chi connectivity index (χ1) is 12.5. The van der Waals surface area contributed by atoms with Gasteiger partial charge in [0.15, 0.2) is 0 Å².